The van der Waals surface area contributed by atoms with Gasteiger partial charge in [0.05, 0.1) is 22.7 Å². The zero-order valence-electron chi connectivity index (χ0n) is 16.8. The van der Waals surface area contributed by atoms with Gasteiger partial charge in [0.2, 0.25) is 0 Å². The Morgan fingerprint density at radius 2 is 1.77 bits per heavy atom. The number of hydrogen-bond acceptors (Lipinski definition) is 5. The fourth-order valence-electron chi connectivity index (χ4n) is 4.75. The van der Waals surface area contributed by atoms with Gasteiger partial charge in [0.1, 0.15) is 11.9 Å². The molecule has 2 aliphatic rings. The second-order valence-corrected chi connectivity index (χ2v) is 7.98. The van der Waals surface area contributed by atoms with Crippen LogP contribution in [0.1, 0.15) is 42.7 Å². The van der Waals surface area contributed by atoms with E-state index in [0.29, 0.717) is 11.5 Å². The number of ether oxygens (including phenoxy) is 1. The number of imidazole rings is 1. The van der Waals surface area contributed by atoms with Crippen LogP contribution in [0.3, 0.4) is 0 Å². The molecule has 2 aromatic heterocycles. The van der Waals surface area contributed by atoms with E-state index in [1.165, 1.54) is 0 Å². The predicted octanol–water partition coefficient (Wildman–Crippen LogP) is 4.41. The average molecular weight is 422 g/mol. The second kappa shape index (κ2) is 8.52. The lowest BCUT2D eigenvalue weighted by atomic mass is 9.89. The smallest absolute Gasteiger partial charge is 0.157 e. The number of anilines is 1. The maximum atomic E-state index is 10.1. The first-order chi connectivity index (χ1) is 14.3. The molecule has 30 heavy (non-hydrogen) atoms. The number of pyridine rings is 1. The van der Waals surface area contributed by atoms with Crippen LogP contribution in [0.15, 0.2) is 30.3 Å². The third-order valence-electron chi connectivity index (χ3n) is 6.36. The minimum atomic E-state index is 0. The van der Waals surface area contributed by atoms with Gasteiger partial charge >= 0.3 is 0 Å². The molecule has 1 aromatic carbocycles. The van der Waals surface area contributed by atoms with Crippen molar-refractivity contribution in [1.82, 2.24) is 9.38 Å². The maximum absolute atomic E-state index is 10.1. The molecular weight excluding hydrogens is 398 g/mol. The molecule has 154 valence electrons. The van der Waals surface area contributed by atoms with E-state index in [2.05, 4.69) is 33.6 Å². The van der Waals surface area contributed by atoms with E-state index in [-0.39, 0.29) is 18.3 Å². The first-order valence-electron chi connectivity index (χ1n) is 10.4. The zero-order valence-corrected chi connectivity index (χ0v) is 17.6. The SMILES string of the molecule is Cl.N#Cc1c(C2CCOCC2)cc(N2CCC(C#N)CC2)n2c1nc1ccccc12. The minimum Gasteiger partial charge on any atom is -0.381 e. The topological polar surface area (TPSA) is 77.3 Å². The lowest BCUT2D eigenvalue weighted by molar-refractivity contribution is 0.0853. The van der Waals surface area contributed by atoms with Crippen LogP contribution in [0, 0.1) is 28.6 Å². The fourth-order valence-corrected chi connectivity index (χ4v) is 4.75. The molecule has 2 aliphatic heterocycles. The molecular formula is C23H24ClN5O. The highest BCUT2D eigenvalue weighted by molar-refractivity contribution is 5.86. The molecule has 2 saturated heterocycles. The summed E-state index contributed by atoms with van der Waals surface area (Å²) < 4.78 is 7.70. The summed E-state index contributed by atoms with van der Waals surface area (Å²) in [6.07, 6.45) is 3.61. The average Bonchev–Trinajstić information content (AvgIpc) is 3.18. The van der Waals surface area contributed by atoms with Crippen LogP contribution < -0.4 is 4.90 Å². The number of hydrogen-bond donors (Lipinski definition) is 0. The molecule has 6 nitrogen and oxygen atoms in total. The predicted molar refractivity (Wildman–Crippen MR) is 118 cm³/mol. The van der Waals surface area contributed by atoms with E-state index in [9.17, 15) is 10.5 Å². The Morgan fingerprint density at radius 1 is 1.03 bits per heavy atom. The number of fused-ring (bicyclic) bond motifs is 3. The normalized spacial score (nSPS) is 18.1. The van der Waals surface area contributed by atoms with Gasteiger partial charge in [0.25, 0.3) is 0 Å². The van der Waals surface area contributed by atoms with Crippen LogP contribution in [0.4, 0.5) is 5.82 Å². The van der Waals surface area contributed by atoms with Gasteiger partial charge < -0.3 is 9.64 Å². The van der Waals surface area contributed by atoms with Crippen molar-refractivity contribution in [3.05, 3.63) is 41.5 Å². The van der Waals surface area contributed by atoms with Crippen molar-refractivity contribution < 1.29 is 4.74 Å². The summed E-state index contributed by atoms with van der Waals surface area (Å²) in [7, 11) is 0. The number of para-hydroxylation sites is 2. The quantitative estimate of drug-likeness (QED) is 0.612. The molecule has 4 heterocycles. The van der Waals surface area contributed by atoms with Crippen molar-refractivity contribution in [1.29, 1.82) is 10.5 Å². The summed E-state index contributed by atoms with van der Waals surface area (Å²) in [5.41, 5.74) is 4.45. The molecule has 0 unspecified atom stereocenters. The summed E-state index contributed by atoms with van der Waals surface area (Å²) in [5.74, 6) is 1.54. The van der Waals surface area contributed by atoms with Gasteiger partial charge in [-0.3, -0.25) is 4.40 Å². The van der Waals surface area contributed by atoms with Crippen molar-refractivity contribution in [3.63, 3.8) is 0 Å². The molecule has 0 radical (unpaired) electrons. The van der Waals surface area contributed by atoms with Crippen LogP contribution >= 0.6 is 12.4 Å². The molecule has 5 rings (SSSR count). The summed E-state index contributed by atoms with van der Waals surface area (Å²) in [4.78, 5) is 7.22. The lowest BCUT2D eigenvalue weighted by Gasteiger charge is -2.33. The monoisotopic (exact) mass is 421 g/mol. The molecule has 0 spiro atoms. The third-order valence-corrected chi connectivity index (χ3v) is 6.36. The highest BCUT2D eigenvalue weighted by atomic mass is 35.5. The summed E-state index contributed by atoms with van der Waals surface area (Å²) in [5, 5.41) is 19.3. The standard InChI is InChI=1S/C23H23N5O.ClH/c24-14-16-5-9-27(10-6-16)22-13-18(17-7-11-29-12-8-17)19(15-25)23-26-20-3-1-2-4-21(20)28(22)23;/h1-4,13,16-17H,5-12H2;1H. The highest BCUT2D eigenvalue weighted by Gasteiger charge is 2.27. The van der Waals surface area contributed by atoms with E-state index >= 15 is 0 Å². The number of benzene rings is 1. The van der Waals surface area contributed by atoms with Gasteiger partial charge in [0, 0.05) is 32.2 Å². The second-order valence-electron chi connectivity index (χ2n) is 7.98. The molecule has 7 heteroatoms. The lowest BCUT2D eigenvalue weighted by Crippen LogP contribution is -2.34. The minimum absolute atomic E-state index is 0. The largest absolute Gasteiger partial charge is 0.381 e. The molecule has 2 fully saturated rings. The summed E-state index contributed by atoms with van der Waals surface area (Å²) >= 11 is 0. The van der Waals surface area contributed by atoms with E-state index < -0.39 is 0 Å². The molecule has 0 bridgehead atoms. The van der Waals surface area contributed by atoms with Crippen LogP contribution in [0.25, 0.3) is 16.7 Å². The van der Waals surface area contributed by atoms with E-state index in [4.69, 9.17) is 9.72 Å². The number of aromatic nitrogens is 2. The van der Waals surface area contributed by atoms with Crippen molar-refractivity contribution in [2.75, 3.05) is 31.2 Å². The summed E-state index contributed by atoms with van der Waals surface area (Å²) in [6.45, 7) is 3.16. The van der Waals surface area contributed by atoms with Crippen LogP contribution in [-0.2, 0) is 4.74 Å². The van der Waals surface area contributed by atoms with Gasteiger partial charge in [-0.2, -0.15) is 10.5 Å². The number of nitrogens with zero attached hydrogens (tertiary/aromatic N) is 5. The summed E-state index contributed by atoms with van der Waals surface area (Å²) in [6, 6.07) is 15.2. The molecule has 0 aliphatic carbocycles. The number of piperidine rings is 1. The van der Waals surface area contributed by atoms with Gasteiger partial charge in [-0.25, -0.2) is 4.98 Å². The molecule has 0 N–H and O–H groups in total. The fraction of sp³-hybridized carbons (Fsp3) is 0.435. The number of rotatable bonds is 2. The van der Waals surface area contributed by atoms with Gasteiger partial charge in [0.15, 0.2) is 5.65 Å². The first-order valence-corrected chi connectivity index (χ1v) is 10.4. The zero-order chi connectivity index (χ0) is 19.8. The third kappa shape index (κ3) is 3.37. The first kappa shape index (κ1) is 20.5. The maximum Gasteiger partial charge on any atom is 0.157 e. The van der Waals surface area contributed by atoms with Gasteiger partial charge in [-0.15, -0.1) is 12.4 Å². The Labute approximate surface area is 182 Å². The van der Waals surface area contributed by atoms with Gasteiger partial charge in [-0.05, 0) is 55.4 Å². The van der Waals surface area contributed by atoms with Gasteiger partial charge in [-0.1, -0.05) is 12.1 Å². The Kier molecular flexibility index (Phi) is 5.81. The Hall–Kier alpha value is -2.80. The Bertz CT molecular complexity index is 1140. The Balaban J connectivity index is 0.00000218. The van der Waals surface area contributed by atoms with Crippen LogP contribution in [-0.4, -0.2) is 35.7 Å². The number of halogens is 1. The molecule has 3 aromatic rings. The van der Waals surface area contributed by atoms with Crippen molar-refractivity contribution >= 4 is 34.9 Å². The molecule has 0 atom stereocenters. The van der Waals surface area contributed by atoms with Crippen molar-refractivity contribution in [2.45, 2.75) is 31.6 Å². The molecule has 0 amide bonds. The highest BCUT2D eigenvalue weighted by Crippen LogP contribution is 2.37. The van der Waals surface area contributed by atoms with E-state index in [1.54, 1.807) is 0 Å². The van der Waals surface area contributed by atoms with Crippen LogP contribution in [0.2, 0.25) is 0 Å². The van der Waals surface area contributed by atoms with Crippen molar-refractivity contribution in [2.24, 2.45) is 5.92 Å². The van der Waals surface area contributed by atoms with Crippen molar-refractivity contribution in [3.8, 4) is 12.1 Å². The molecule has 0 saturated carbocycles. The number of nitriles is 2. The van der Waals surface area contributed by atoms with E-state index in [0.717, 1.165) is 80.0 Å². The van der Waals surface area contributed by atoms with E-state index in [1.807, 2.05) is 18.2 Å². The van der Waals surface area contributed by atoms with Crippen LogP contribution in [0.5, 0.6) is 0 Å². The Morgan fingerprint density at radius 3 is 2.47 bits per heavy atom.